The lowest BCUT2D eigenvalue weighted by atomic mass is 9.71. The summed E-state index contributed by atoms with van der Waals surface area (Å²) in [4.78, 5) is 12.9. The van der Waals surface area contributed by atoms with E-state index >= 15 is 0 Å². The number of hydrogen-bond acceptors (Lipinski definition) is 4. The molecule has 1 aliphatic rings. The van der Waals surface area contributed by atoms with E-state index in [9.17, 15) is 28.8 Å². The summed E-state index contributed by atoms with van der Waals surface area (Å²) >= 11 is 0. The predicted octanol–water partition coefficient (Wildman–Crippen LogP) is 0.669. The first-order valence-electron chi connectivity index (χ1n) is 6.58. The van der Waals surface area contributed by atoms with E-state index in [2.05, 4.69) is 0 Å². The fraction of sp³-hybridized carbons (Fsp3) is 0.462. The van der Waals surface area contributed by atoms with Gasteiger partial charge in [0, 0.05) is 6.54 Å². The first-order chi connectivity index (χ1) is 9.75. The third-order valence-electron chi connectivity index (χ3n) is 4.02. The van der Waals surface area contributed by atoms with Gasteiger partial charge < -0.3 is 20.0 Å². The lowest BCUT2D eigenvalue weighted by Crippen LogP contribution is -2.56. The van der Waals surface area contributed by atoms with E-state index in [1.54, 1.807) is 0 Å². The number of aliphatic carboxylic acids is 1. The van der Waals surface area contributed by atoms with Gasteiger partial charge in [-0.1, -0.05) is 6.07 Å². The van der Waals surface area contributed by atoms with Crippen LogP contribution < -0.4 is 0 Å². The number of piperidine rings is 1. The Morgan fingerprint density at radius 3 is 2.62 bits per heavy atom. The Morgan fingerprint density at radius 2 is 2.10 bits per heavy atom. The highest BCUT2D eigenvalue weighted by Gasteiger charge is 2.48. The van der Waals surface area contributed by atoms with Gasteiger partial charge in [0.15, 0.2) is 11.6 Å². The maximum Gasteiger partial charge on any atom is 0.376 e. The second-order valence-electron chi connectivity index (χ2n) is 5.32. The third kappa shape index (κ3) is 2.92. The molecule has 3 N–H and O–H groups in total. The van der Waals surface area contributed by atoms with Crippen molar-refractivity contribution in [3.05, 3.63) is 35.4 Å². The van der Waals surface area contributed by atoms with Crippen molar-refractivity contribution >= 4 is 13.0 Å². The molecular weight excluding hydrogens is 283 g/mol. The van der Waals surface area contributed by atoms with Gasteiger partial charge in [-0.2, -0.15) is 0 Å². The Balaban J connectivity index is 2.38. The molecule has 2 atom stereocenters. The number of carboxylic acids is 1. The number of nitrogens with zero attached hydrogens (tertiary/aromatic N) is 1. The lowest BCUT2D eigenvalue weighted by molar-refractivity contribution is -0.158. The average Bonchev–Trinajstić information content (AvgIpc) is 2.41. The molecule has 1 heterocycles. The molecule has 1 aliphatic heterocycles. The van der Waals surface area contributed by atoms with Gasteiger partial charge in [-0.25, -0.2) is 8.78 Å². The van der Waals surface area contributed by atoms with Gasteiger partial charge in [-0.05, 0) is 37.5 Å². The lowest BCUT2D eigenvalue weighted by Gasteiger charge is -2.43. The van der Waals surface area contributed by atoms with Crippen molar-refractivity contribution in [2.45, 2.75) is 18.8 Å². The minimum Gasteiger partial charge on any atom is -0.481 e. The fourth-order valence-corrected chi connectivity index (χ4v) is 2.70. The van der Waals surface area contributed by atoms with Crippen LogP contribution in [0.1, 0.15) is 12.0 Å². The largest absolute Gasteiger partial charge is 0.481 e. The quantitative estimate of drug-likeness (QED) is 0.715. The van der Waals surface area contributed by atoms with E-state index in [0.29, 0.717) is 0 Å². The monoisotopic (exact) mass is 299 g/mol. The van der Waals surface area contributed by atoms with Crippen LogP contribution in [0.5, 0.6) is 0 Å². The zero-order chi connectivity index (χ0) is 15.8. The smallest absolute Gasteiger partial charge is 0.376 e. The molecule has 114 valence electrons. The van der Waals surface area contributed by atoms with Crippen LogP contribution in [0.15, 0.2) is 18.2 Å². The van der Waals surface area contributed by atoms with Crippen molar-refractivity contribution < 1.29 is 28.8 Å². The van der Waals surface area contributed by atoms with E-state index in [1.165, 1.54) is 17.7 Å². The number of hydrogen-bond donors (Lipinski definition) is 3. The fourth-order valence-electron chi connectivity index (χ4n) is 2.70. The summed E-state index contributed by atoms with van der Waals surface area (Å²) < 4.78 is 26.4. The first-order valence-corrected chi connectivity index (χ1v) is 6.58. The van der Waals surface area contributed by atoms with Gasteiger partial charge in [-0.3, -0.25) is 4.79 Å². The van der Waals surface area contributed by atoms with Crippen molar-refractivity contribution in [2.24, 2.45) is 5.92 Å². The molecule has 1 fully saturated rings. The summed E-state index contributed by atoms with van der Waals surface area (Å²) in [7, 11) is -0.846. The normalized spacial score (nSPS) is 26.6. The number of aliphatic hydroxyl groups is 1. The molecule has 0 spiro atoms. The maximum atomic E-state index is 13.4. The summed E-state index contributed by atoms with van der Waals surface area (Å²) in [5, 5.41) is 29.6. The van der Waals surface area contributed by atoms with Crippen LogP contribution in [0.4, 0.5) is 8.78 Å². The standard InChI is InChI=1S/C13H16BF2NO4/c1-14(21)17-5-4-13(20,9(7-17)12(18)19)8-2-3-10(15)11(16)6-8/h2-3,6,9,20-21H,4-5,7H2,1H3,(H,18,19)/t9-,13+/m1/s1. The van der Waals surface area contributed by atoms with E-state index < -0.39 is 36.2 Å². The van der Waals surface area contributed by atoms with Crippen LogP contribution in [0.2, 0.25) is 6.82 Å². The van der Waals surface area contributed by atoms with Crippen LogP contribution in [0.3, 0.4) is 0 Å². The van der Waals surface area contributed by atoms with Crippen LogP contribution >= 0.6 is 0 Å². The zero-order valence-electron chi connectivity index (χ0n) is 11.5. The molecule has 1 aromatic rings. The van der Waals surface area contributed by atoms with Gasteiger partial charge in [0.25, 0.3) is 0 Å². The molecule has 1 saturated heterocycles. The van der Waals surface area contributed by atoms with Gasteiger partial charge >= 0.3 is 13.0 Å². The molecule has 2 rings (SSSR count). The second kappa shape index (κ2) is 5.71. The highest BCUT2D eigenvalue weighted by Crippen LogP contribution is 2.38. The Kier molecular flexibility index (Phi) is 4.31. The van der Waals surface area contributed by atoms with Crippen molar-refractivity contribution in [3.8, 4) is 0 Å². The maximum absolute atomic E-state index is 13.4. The first kappa shape index (κ1) is 15.9. The van der Waals surface area contributed by atoms with E-state index in [-0.39, 0.29) is 25.1 Å². The Morgan fingerprint density at radius 1 is 1.43 bits per heavy atom. The van der Waals surface area contributed by atoms with Crippen LogP contribution in [-0.2, 0) is 10.4 Å². The number of benzene rings is 1. The van der Waals surface area contributed by atoms with Crippen molar-refractivity contribution in [1.29, 1.82) is 0 Å². The summed E-state index contributed by atoms with van der Waals surface area (Å²) in [5.74, 6) is -4.70. The van der Waals surface area contributed by atoms with Gasteiger partial charge in [0.2, 0.25) is 0 Å². The third-order valence-corrected chi connectivity index (χ3v) is 4.02. The molecule has 0 unspecified atom stereocenters. The molecule has 0 bridgehead atoms. The highest BCUT2D eigenvalue weighted by atomic mass is 19.2. The van der Waals surface area contributed by atoms with Crippen LogP contribution in [0, 0.1) is 17.6 Å². The molecule has 0 aromatic heterocycles. The van der Waals surface area contributed by atoms with E-state index in [4.69, 9.17) is 0 Å². The summed E-state index contributed by atoms with van der Waals surface area (Å²) in [6.07, 6.45) is -0.0000605. The highest BCUT2D eigenvalue weighted by molar-refractivity contribution is 6.45. The number of carboxylic acid groups (broad SMARTS) is 1. The minimum absolute atomic E-state index is 0.0000605. The molecular formula is C13H16BF2NO4. The topological polar surface area (TPSA) is 81.0 Å². The average molecular weight is 299 g/mol. The Labute approximate surface area is 120 Å². The number of halogens is 2. The van der Waals surface area contributed by atoms with E-state index in [1.807, 2.05) is 0 Å². The van der Waals surface area contributed by atoms with Gasteiger partial charge in [-0.15, -0.1) is 0 Å². The second-order valence-corrected chi connectivity index (χ2v) is 5.32. The molecule has 21 heavy (non-hydrogen) atoms. The van der Waals surface area contributed by atoms with Crippen LogP contribution in [0.25, 0.3) is 0 Å². The number of carbonyl (C=O) groups is 1. The summed E-state index contributed by atoms with van der Waals surface area (Å²) in [5.41, 5.74) is -1.77. The van der Waals surface area contributed by atoms with Gasteiger partial charge in [0.1, 0.15) is 11.5 Å². The Bertz CT molecular complexity index is 557. The van der Waals surface area contributed by atoms with Gasteiger partial charge in [0.05, 0.1) is 0 Å². The van der Waals surface area contributed by atoms with Crippen molar-refractivity contribution in [3.63, 3.8) is 0 Å². The SMILES string of the molecule is CB(O)N1CC[C@](O)(c2ccc(F)c(F)c2)[C@@H](C(=O)O)C1. The molecule has 0 aliphatic carbocycles. The molecule has 5 nitrogen and oxygen atoms in total. The predicted molar refractivity (Wildman–Crippen MR) is 71.4 cm³/mol. The Hall–Kier alpha value is -1.51. The van der Waals surface area contributed by atoms with Crippen molar-refractivity contribution in [2.75, 3.05) is 13.1 Å². The van der Waals surface area contributed by atoms with Crippen LogP contribution in [-0.4, -0.2) is 46.2 Å². The summed E-state index contributed by atoms with van der Waals surface area (Å²) in [6.45, 7) is 1.67. The molecule has 1 aromatic carbocycles. The summed E-state index contributed by atoms with van der Waals surface area (Å²) in [6, 6.07) is 2.87. The molecule has 0 amide bonds. The zero-order valence-corrected chi connectivity index (χ0v) is 11.5. The minimum atomic E-state index is -1.80. The molecule has 0 saturated carbocycles. The van der Waals surface area contributed by atoms with Crippen molar-refractivity contribution in [1.82, 2.24) is 4.81 Å². The molecule has 8 heteroatoms. The van der Waals surface area contributed by atoms with E-state index in [0.717, 1.165) is 12.1 Å². The number of rotatable bonds is 3. The molecule has 0 radical (unpaired) electrons.